The van der Waals surface area contributed by atoms with E-state index in [2.05, 4.69) is 63.4 Å². The van der Waals surface area contributed by atoms with Gasteiger partial charge in [0.25, 0.3) is 5.91 Å². The van der Waals surface area contributed by atoms with E-state index in [4.69, 9.17) is 0 Å². The zero-order valence-corrected chi connectivity index (χ0v) is 16.7. The van der Waals surface area contributed by atoms with E-state index in [9.17, 15) is 4.79 Å². The Labute approximate surface area is 172 Å². The summed E-state index contributed by atoms with van der Waals surface area (Å²) in [5.41, 5.74) is 4.19. The zero-order valence-electron chi connectivity index (χ0n) is 16.7. The second-order valence-corrected chi connectivity index (χ2v) is 7.38. The minimum atomic E-state index is -0.0712. The Hall–Kier alpha value is -3.34. The first-order chi connectivity index (χ1) is 14.2. The van der Waals surface area contributed by atoms with Crippen molar-refractivity contribution >= 4 is 17.4 Å². The lowest BCUT2D eigenvalue weighted by molar-refractivity contribution is 0.0951. The first-order valence-corrected chi connectivity index (χ1v) is 10.0. The molecule has 4 rings (SSSR count). The molecule has 148 valence electrons. The third-order valence-electron chi connectivity index (χ3n) is 5.27. The monoisotopic (exact) mass is 386 g/mol. The van der Waals surface area contributed by atoms with E-state index in [0.29, 0.717) is 12.1 Å². The van der Waals surface area contributed by atoms with Gasteiger partial charge in [-0.25, -0.2) is 4.98 Å². The smallest absolute Gasteiger partial charge is 0.251 e. The van der Waals surface area contributed by atoms with Gasteiger partial charge in [0.2, 0.25) is 0 Å². The van der Waals surface area contributed by atoms with E-state index >= 15 is 0 Å². The maximum absolute atomic E-state index is 12.6. The molecule has 1 saturated heterocycles. The van der Waals surface area contributed by atoms with Crippen LogP contribution in [0, 0.1) is 6.92 Å². The first-order valence-electron chi connectivity index (χ1n) is 10.0. The molecule has 0 atom stereocenters. The van der Waals surface area contributed by atoms with Gasteiger partial charge in [0.15, 0.2) is 0 Å². The summed E-state index contributed by atoms with van der Waals surface area (Å²) in [7, 11) is 0. The molecule has 1 aromatic heterocycles. The average Bonchev–Trinajstić information content (AvgIpc) is 2.78. The molecule has 0 aliphatic carbocycles. The molecule has 2 heterocycles. The van der Waals surface area contributed by atoms with Gasteiger partial charge in [-0.05, 0) is 36.8 Å². The van der Waals surface area contributed by atoms with Crippen molar-refractivity contribution in [3.63, 3.8) is 0 Å². The Bertz CT molecular complexity index is 965. The molecule has 1 aliphatic heterocycles. The number of hydrogen-bond acceptors (Lipinski definition) is 4. The van der Waals surface area contributed by atoms with Crippen LogP contribution in [0.4, 0.5) is 11.5 Å². The number of nitrogens with one attached hydrogen (secondary N) is 1. The number of aryl methyl sites for hydroxylation is 1. The van der Waals surface area contributed by atoms with Crippen molar-refractivity contribution in [1.29, 1.82) is 0 Å². The lowest BCUT2D eigenvalue weighted by Gasteiger charge is -2.36. The molecule has 1 amide bonds. The molecule has 5 nitrogen and oxygen atoms in total. The Morgan fingerprint density at radius 3 is 2.45 bits per heavy atom. The van der Waals surface area contributed by atoms with E-state index in [1.54, 1.807) is 12.3 Å². The minimum Gasteiger partial charge on any atom is -0.368 e. The number of aromatic nitrogens is 1. The molecular formula is C24H26N4O. The molecular weight excluding hydrogens is 360 g/mol. The molecule has 0 unspecified atom stereocenters. The van der Waals surface area contributed by atoms with Crippen LogP contribution in [-0.4, -0.2) is 37.1 Å². The molecule has 0 spiro atoms. The molecule has 0 saturated carbocycles. The number of pyridine rings is 1. The van der Waals surface area contributed by atoms with Crippen molar-refractivity contribution < 1.29 is 4.79 Å². The van der Waals surface area contributed by atoms with Crippen LogP contribution in [0.25, 0.3) is 0 Å². The number of anilines is 2. The SMILES string of the molecule is Cc1cccc(CNC(=O)c2ccnc(N3CCN(c4ccccc4)CC3)c2)c1. The van der Waals surface area contributed by atoms with E-state index in [0.717, 1.165) is 37.6 Å². The van der Waals surface area contributed by atoms with Crippen molar-refractivity contribution in [3.05, 3.63) is 89.6 Å². The molecule has 5 heteroatoms. The van der Waals surface area contributed by atoms with Crippen molar-refractivity contribution in [3.8, 4) is 0 Å². The van der Waals surface area contributed by atoms with Crippen LogP contribution in [0.1, 0.15) is 21.5 Å². The fraction of sp³-hybridized carbons (Fsp3) is 0.250. The number of carbonyl (C=O) groups excluding carboxylic acids is 1. The topological polar surface area (TPSA) is 48.5 Å². The predicted molar refractivity (Wildman–Crippen MR) is 117 cm³/mol. The highest BCUT2D eigenvalue weighted by molar-refractivity contribution is 5.94. The van der Waals surface area contributed by atoms with Gasteiger partial charge in [0.1, 0.15) is 5.82 Å². The normalized spacial score (nSPS) is 14.0. The minimum absolute atomic E-state index is 0.0712. The molecule has 0 bridgehead atoms. The summed E-state index contributed by atoms with van der Waals surface area (Å²) >= 11 is 0. The number of rotatable bonds is 5. The lowest BCUT2D eigenvalue weighted by Crippen LogP contribution is -2.46. The highest BCUT2D eigenvalue weighted by Gasteiger charge is 2.19. The van der Waals surface area contributed by atoms with Crippen LogP contribution < -0.4 is 15.1 Å². The summed E-state index contributed by atoms with van der Waals surface area (Å²) in [5.74, 6) is 0.791. The fourth-order valence-electron chi connectivity index (χ4n) is 3.67. The summed E-state index contributed by atoms with van der Waals surface area (Å²) in [6.07, 6.45) is 1.72. The first kappa shape index (κ1) is 19.0. The summed E-state index contributed by atoms with van der Waals surface area (Å²) < 4.78 is 0. The fourth-order valence-corrected chi connectivity index (χ4v) is 3.67. The van der Waals surface area contributed by atoms with Crippen LogP contribution in [-0.2, 0) is 6.54 Å². The third-order valence-corrected chi connectivity index (χ3v) is 5.27. The van der Waals surface area contributed by atoms with E-state index < -0.39 is 0 Å². The molecule has 0 radical (unpaired) electrons. The van der Waals surface area contributed by atoms with Gasteiger partial charge in [0, 0.05) is 50.2 Å². The molecule has 29 heavy (non-hydrogen) atoms. The van der Waals surface area contributed by atoms with E-state index in [1.165, 1.54) is 11.3 Å². The number of piperazine rings is 1. The van der Waals surface area contributed by atoms with Gasteiger partial charge < -0.3 is 15.1 Å². The molecule has 1 aliphatic rings. The van der Waals surface area contributed by atoms with Crippen LogP contribution in [0.3, 0.4) is 0 Å². The molecule has 3 aromatic rings. The predicted octanol–water partition coefficient (Wildman–Crippen LogP) is 3.65. The maximum Gasteiger partial charge on any atom is 0.251 e. The van der Waals surface area contributed by atoms with E-state index in [1.807, 2.05) is 24.3 Å². The summed E-state index contributed by atoms with van der Waals surface area (Å²) in [4.78, 5) is 21.7. The highest BCUT2D eigenvalue weighted by Crippen LogP contribution is 2.19. The van der Waals surface area contributed by atoms with E-state index in [-0.39, 0.29) is 5.91 Å². The average molecular weight is 386 g/mol. The number of para-hydroxylation sites is 1. The second-order valence-electron chi connectivity index (χ2n) is 7.38. The molecule has 1 N–H and O–H groups in total. The number of nitrogens with zero attached hydrogens (tertiary/aromatic N) is 3. The van der Waals surface area contributed by atoms with Gasteiger partial charge in [-0.3, -0.25) is 4.79 Å². The standard InChI is InChI=1S/C24H26N4O/c1-19-6-5-7-20(16-19)18-26-24(29)21-10-11-25-23(17-21)28-14-12-27(13-15-28)22-8-3-2-4-9-22/h2-11,16-17H,12-15,18H2,1H3,(H,26,29). The lowest BCUT2D eigenvalue weighted by atomic mass is 10.1. The summed E-state index contributed by atoms with van der Waals surface area (Å²) in [5, 5.41) is 3.01. The van der Waals surface area contributed by atoms with Crippen molar-refractivity contribution in [2.24, 2.45) is 0 Å². The number of benzene rings is 2. The third kappa shape index (κ3) is 4.74. The van der Waals surface area contributed by atoms with Gasteiger partial charge in [0.05, 0.1) is 0 Å². The Kier molecular flexibility index (Phi) is 5.75. The van der Waals surface area contributed by atoms with Gasteiger partial charge >= 0.3 is 0 Å². The van der Waals surface area contributed by atoms with Crippen LogP contribution in [0.5, 0.6) is 0 Å². The summed E-state index contributed by atoms with van der Waals surface area (Å²) in [6, 6.07) is 22.3. The number of amides is 1. The van der Waals surface area contributed by atoms with Gasteiger partial charge in [-0.15, -0.1) is 0 Å². The quantitative estimate of drug-likeness (QED) is 0.727. The second kappa shape index (κ2) is 8.78. The Morgan fingerprint density at radius 1 is 0.931 bits per heavy atom. The Balaban J connectivity index is 1.37. The van der Waals surface area contributed by atoms with Gasteiger partial charge in [-0.1, -0.05) is 48.0 Å². The maximum atomic E-state index is 12.6. The van der Waals surface area contributed by atoms with Crippen molar-refractivity contribution in [2.75, 3.05) is 36.0 Å². The van der Waals surface area contributed by atoms with Crippen LogP contribution in [0.15, 0.2) is 72.9 Å². The molecule has 1 fully saturated rings. The molecule has 2 aromatic carbocycles. The summed E-state index contributed by atoms with van der Waals surface area (Å²) in [6.45, 7) is 6.23. The van der Waals surface area contributed by atoms with Crippen molar-refractivity contribution in [2.45, 2.75) is 13.5 Å². The zero-order chi connectivity index (χ0) is 20.1. The van der Waals surface area contributed by atoms with Crippen LogP contribution >= 0.6 is 0 Å². The Morgan fingerprint density at radius 2 is 1.69 bits per heavy atom. The largest absolute Gasteiger partial charge is 0.368 e. The number of carbonyl (C=O) groups is 1. The number of hydrogen-bond donors (Lipinski definition) is 1. The van der Waals surface area contributed by atoms with Crippen LogP contribution in [0.2, 0.25) is 0 Å². The highest BCUT2D eigenvalue weighted by atomic mass is 16.1. The van der Waals surface area contributed by atoms with Crippen molar-refractivity contribution in [1.82, 2.24) is 10.3 Å². The van der Waals surface area contributed by atoms with Gasteiger partial charge in [-0.2, -0.15) is 0 Å².